The first-order valence-electron chi connectivity index (χ1n) is 8.29. The van der Waals surface area contributed by atoms with Crippen LogP contribution in [-0.4, -0.2) is 12.6 Å². The number of ether oxygens (including phenoxy) is 1. The van der Waals surface area contributed by atoms with Gasteiger partial charge in [-0.2, -0.15) is 0 Å². The summed E-state index contributed by atoms with van der Waals surface area (Å²) in [6.45, 7) is 11.2. The zero-order valence-corrected chi connectivity index (χ0v) is 13.8. The highest BCUT2D eigenvalue weighted by atomic mass is 16.5. The van der Waals surface area contributed by atoms with Crippen LogP contribution < -0.4 is 0 Å². The maximum Gasteiger partial charge on any atom is 0.312 e. The Hall–Kier alpha value is -0.530. The van der Waals surface area contributed by atoms with Gasteiger partial charge in [0.25, 0.3) is 0 Å². The van der Waals surface area contributed by atoms with Gasteiger partial charge in [-0.15, -0.1) is 0 Å². The fraction of sp³-hybridized carbons (Fsp3) is 0.941. The molecule has 0 saturated carbocycles. The predicted octanol–water partition coefficient (Wildman–Crippen LogP) is 5.35. The van der Waals surface area contributed by atoms with Crippen molar-refractivity contribution in [3.63, 3.8) is 0 Å². The zero-order chi connectivity index (χ0) is 14.7. The molecule has 114 valence electrons. The van der Waals surface area contributed by atoms with E-state index in [1.165, 1.54) is 12.8 Å². The first-order chi connectivity index (χ1) is 9.12. The molecular formula is C17H34O2. The van der Waals surface area contributed by atoms with E-state index in [2.05, 4.69) is 27.7 Å². The maximum absolute atomic E-state index is 12.5. The average molecular weight is 270 g/mol. The van der Waals surface area contributed by atoms with Crippen LogP contribution in [0.2, 0.25) is 0 Å². The van der Waals surface area contributed by atoms with Crippen LogP contribution in [0, 0.1) is 11.3 Å². The van der Waals surface area contributed by atoms with Crippen LogP contribution in [0.15, 0.2) is 0 Å². The second-order valence-corrected chi connectivity index (χ2v) is 5.58. The van der Waals surface area contributed by atoms with Crippen LogP contribution in [0.3, 0.4) is 0 Å². The molecule has 0 aromatic carbocycles. The van der Waals surface area contributed by atoms with E-state index in [1.807, 2.05) is 6.92 Å². The van der Waals surface area contributed by atoms with Crippen molar-refractivity contribution in [3.8, 4) is 0 Å². The van der Waals surface area contributed by atoms with Crippen molar-refractivity contribution in [3.05, 3.63) is 0 Å². The Bertz CT molecular complexity index is 237. The fourth-order valence-corrected chi connectivity index (χ4v) is 3.17. The van der Waals surface area contributed by atoms with Crippen molar-refractivity contribution in [1.82, 2.24) is 0 Å². The first-order valence-corrected chi connectivity index (χ1v) is 8.29. The summed E-state index contributed by atoms with van der Waals surface area (Å²) in [6.07, 6.45) is 8.81. The topological polar surface area (TPSA) is 26.3 Å². The Balaban J connectivity index is 5.09. The average Bonchev–Trinajstić information content (AvgIpc) is 2.43. The third-order valence-corrected chi connectivity index (χ3v) is 4.47. The highest BCUT2D eigenvalue weighted by Gasteiger charge is 2.43. The molecule has 19 heavy (non-hydrogen) atoms. The Morgan fingerprint density at radius 3 is 2.11 bits per heavy atom. The Morgan fingerprint density at radius 1 is 1.05 bits per heavy atom. The summed E-state index contributed by atoms with van der Waals surface area (Å²) in [6, 6.07) is 0. The molecule has 2 heteroatoms. The largest absolute Gasteiger partial charge is 0.466 e. The summed E-state index contributed by atoms with van der Waals surface area (Å²) in [5.41, 5.74) is -0.240. The van der Waals surface area contributed by atoms with Crippen molar-refractivity contribution in [2.45, 2.75) is 86.0 Å². The van der Waals surface area contributed by atoms with Crippen molar-refractivity contribution < 1.29 is 9.53 Å². The minimum Gasteiger partial charge on any atom is -0.466 e. The van der Waals surface area contributed by atoms with Gasteiger partial charge in [-0.25, -0.2) is 0 Å². The Kier molecular flexibility index (Phi) is 9.99. The van der Waals surface area contributed by atoms with Gasteiger partial charge < -0.3 is 4.74 Å². The van der Waals surface area contributed by atoms with Crippen LogP contribution >= 0.6 is 0 Å². The molecule has 0 spiro atoms. The summed E-state index contributed by atoms with van der Waals surface area (Å²) in [7, 11) is 0. The number of hydrogen-bond acceptors (Lipinski definition) is 2. The van der Waals surface area contributed by atoms with Crippen LogP contribution in [-0.2, 0) is 9.53 Å². The lowest BCUT2D eigenvalue weighted by Crippen LogP contribution is -2.39. The molecule has 0 heterocycles. The molecule has 0 aliphatic heterocycles. The summed E-state index contributed by atoms with van der Waals surface area (Å²) in [5.74, 6) is 0.525. The van der Waals surface area contributed by atoms with E-state index in [-0.39, 0.29) is 11.4 Å². The molecule has 0 bridgehead atoms. The van der Waals surface area contributed by atoms with E-state index < -0.39 is 0 Å². The fourth-order valence-electron chi connectivity index (χ4n) is 3.17. The van der Waals surface area contributed by atoms with Gasteiger partial charge in [-0.1, -0.05) is 59.8 Å². The van der Waals surface area contributed by atoms with Crippen LogP contribution in [0.4, 0.5) is 0 Å². The minimum atomic E-state index is -0.240. The summed E-state index contributed by atoms with van der Waals surface area (Å²) in [4.78, 5) is 12.5. The highest BCUT2D eigenvalue weighted by molar-refractivity contribution is 5.77. The quantitative estimate of drug-likeness (QED) is 0.473. The first kappa shape index (κ1) is 18.5. The smallest absolute Gasteiger partial charge is 0.312 e. The molecule has 2 unspecified atom stereocenters. The molecule has 0 fully saturated rings. The normalized spacial score (nSPS) is 15.8. The van der Waals surface area contributed by atoms with Gasteiger partial charge in [0.1, 0.15) is 0 Å². The standard InChI is InChI=1S/C17H34O2/c1-6-11-13-15(8-3)17(9-4,14-12-7-2)16(18)19-10-5/h15H,6-14H2,1-5H3. The second-order valence-electron chi connectivity index (χ2n) is 5.58. The highest BCUT2D eigenvalue weighted by Crippen LogP contribution is 2.43. The van der Waals surface area contributed by atoms with Gasteiger partial charge in [-0.05, 0) is 32.1 Å². The molecule has 0 amide bonds. The summed E-state index contributed by atoms with van der Waals surface area (Å²) >= 11 is 0. The van der Waals surface area contributed by atoms with Crippen LogP contribution in [0.5, 0.6) is 0 Å². The monoisotopic (exact) mass is 270 g/mol. The molecule has 0 rings (SSSR count). The number of esters is 1. The number of rotatable bonds is 11. The maximum atomic E-state index is 12.5. The van der Waals surface area contributed by atoms with E-state index in [0.29, 0.717) is 12.5 Å². The number of carbonyl (C=O) groups is 1. The van der Waals surface area contributed by atoms with Gasteiger partial charge in [0, 0.05) is 0 Å². The van der Waals surface area contributed by atoms with Crippen molar-refractivity contribution in [1.29, 1.82) is 0 Å². The molecule has 0 aliphatic rings. The van der Waals surface area contributed by atoms with Gasteiger partial charge in [0.05, 0.1) is 12.0 Å². The lowest BCUT2D eigenvalue weighted by atomic mass is 9.67. The molecule has 0 aromatic rings. The van der Waals surface area contributed by atoms with E-state index in [9.17, 15) is 4.79 Å². The third kappa shape index (κ3) is 5.16. The van der Waals surface area contributed by atoms with Crippen LogP contribution in [0.25, 0.3) is 0 Å². The molecule has 2 atom stereocenters. The van der Waals surface area contributed by atoms with Gasteiger partial charge >= 0.3 is 5.97 Å². The van der Waals surface area contributed by atoms with Crippen molar-refractivity contribution in [2.75, 3.05) is 6.61 Å². The lowest BCUT2D eigenvalue weighted by molar-refractivity contribution is -0.161. The van der Waals surface area contributed by atoms with Gasteiger partial charge in [0.2, 0.25) is 0 Å². The van der Waals surface area contributed by atoms with E-state index in [1.54, 1.807) is 0 Å². The van der Waals surface area contributed by atoms with Crippen molar-refractivity contribution in [2.24, 2.45) is 11.3 Å². The molecule has 0 aliphatic carbocycles. The summed E-state index contributed by atoms with van der Waals surface area (Å²) in [5, 5.41) is 0. The minimum absolute atomic E-state index is 0.0499. The molecule has 0 radical (unpaired) electrons. The number of carbonyl (C=O) groups excluding carboxylic acids is 1. The van der Waals surface area contributed by atoms with Crippen LogP contribution in [0.1, 0.15) is 86.0 Å². The summed E-state index contributed by atoms with van der Waals surface area (Å²) < 4.78 is 5.42. The van der Waals surface area contributed by atoms with E-state index in [4.69, 9.17) is 4.74 Å². The molecular weight excluding hydrogens is 236 g/mol. The van der Waals surface area contributed by atoms with Gasteiger partial charge in [0.15, 0.2) is 0 Å². The number of unbranched alkanes of at least 4 members (excludes halogenated alkanes) is 2. The number of hydrogen-bond donors (Lipinski definition) is 0. The molecule has 2 nitrogen and oxygen atoms in total. The predicted molar refractivity (Wildman–Crippen MR) is 82.2 cm³/mol. The Labute approximate surface area is 120 Å². The van der Waals surface area contributed by atoms with Gasteiger partial charge in [-0.3, -0.25) is 4.79 Å². The third-order valence-electron chi connectivity index (χ3n) is 4.47. The van der Waals surface area contributed by atoms with E-state index >= 15 is 0 Å². The van der Waals surface area contributed by atoms with E-state index in [0.717, 1.165) is 38.5 Å². The lowest BCUT2D eigenvalue weighted by Gasteiger charge is -2.38. The van der Waals surface area contributed by atoms with Crippen molar-refractivity contribution >= 4 is 5.97 Å². The zero-order valence-electron chi connectivity index (χ0n) is 13.8. The molecule has 0 N–H and O–H groups in total. The molecule has 0 saturated heterocycles. The molecule has 0 aromatic heterocycles. The SMILES string of the molecule is CCCCC(CC)C(CC)(CCCC)C(=O)OCC. The second kappa shape index (κ2) is 10.3. The Morgan fingerprint density at radius 2 is 1.68 bits per heavy atom.